The van der Waals surface area contributed by atoms with Crippen molar-refractivity contribution < 1.29 is 14.3 Å². The van der Waals surface area contributed by atoms with Crippen LogP contribution >= 0.6 is 23.2 Å². The molecule has 0 fully saturated rings. The summed E-state index contributed by atoms with van der Waals surface area (Å²) < 4.78 is 7.19. The van der Waals surface area contributed by atoms with Crippen LogP contribution in [0.2, 0.25) is 10.0 Å². The zero-order valence-electron chi connectivity index (χ0n) is 16.9. The Kier molecular flexibility index (Phi) is 6.03. The minimum atomic E-state index is -0.870. The third kappa shape index (κ3) is 4.26. The van der Waals surface area contributed by atoms with E-state index >= 15 is 0 Å². The Morgan fingerprint density at radius 3 is 2.56 bits per heavy atom. The van der Waals surface area contributed by atoms with E-state index in [4.69, 9.17) is 33.7 Å². The number of hydrogen-bond acceptors (Lipinski definition) is 5. The lowest BCUT2D eigenvalue weighted by Crippen LogP contribution is -2.23. The molecule has 1 amide bonds. The summed E-state index contributed by atoms with van der Waals surface area (Å²) in [4.78, 5) is 29.7. The van der Waals surface area contributed by atoms with Crippen molar-refractivity contribution in [3.63, 3.8) is 0 Å². The maximum absolute atomic E-state index is 13.1. The van der Waals surface area contributed by atoms with Crippen LogP contribution < -0.4 is 15.8 Å². The number of benzene rings is 2. The van der Waals surface area contributed by atoms with E-state index in [1.54, 1.807) is 24.4 Å². The van der Waals surface area contributed by atoms with Crippen LogP contribution in [-0.2, 0) is 11.3 Å². The van der Waals surface area contributed by atoms with E-state index in [1.165, 1.54) is 19.5 Å². The first-order valence-corrected chi connectivity index (χ1v) is 10.3. The number of carbonyl (C=O) groups excluding carboxylic acids is 2. The molecule has 9 heteroatoms. The number of halogens is 2. The van der Waals surface area contributed by atoms with Gasteiger partial charge in [-0.3, -0.25) is 14.6 Å². The predicted molar refractivity (Wildman–Crippen MR) is 126 cm³/mol. The Hall–Kier alpha value is -3.55. The molecule has 2 aromatic carbocycles. The second kappa shape index (κ2) is 8.90. The van der Waals surface area contributed by atoms with Gasteiger partial charge >= 0.3 is 0 Å². The topological polar surface area (TPSA) is 99.2 Å². The molecule has 0 aliphatic heterocycles. The second-order valence-electron chi connectivity index (χ2n) is 7.06. The van der Waals surface area contributed by atoms with Crippen molar-refractivity contribution in [1.82, 2.24) is 9.55 Å². The van der Waals surface area contributed by atoms with Crippen LogP contribution in [0.3, 0.4) is 0 Å². The molecule has 2 heterocycles. The van der Waals surface area contributed by atoms with E-state index in [-0.39, 0.29) is 21.3 Å². The SMILES string of the molecule is COc1ccc2c(c1)c(C(=O)C(=O)Nc1c(Cl)cncc1Cl)cn2Cc1cccc(N)c1. The summed E-state index contributed by atoms with van der Waals surface area (Å²) in [6.07, 6.45) is 4.30. The normalized spacial score (nSPS) is 10.8. The lowest BCUT2D eigenvalue weighted by atomic mass is 10.1. The molecule has 0 atom stereocenters. The average Bonchev–Trinajstić information content (AvgIpc) is 3.13. The Morgan fingerprint density at radius 2 is 1.88 bits per heavy atom. The molecule has 162 valence electrons. The standard InChI is InChI=1S/C23H18Cl2N4O3/c1-32-15-5-6-20-16(8-15)17(12-29(20)11-13-3-2-4-14(26)7-13)22(30)23(31)28-21-18(24)9-27-10-19(21)25/h2-10,12H,11,26H2,1H3,(H,27,28,31). The molecule has 0 saturated heterocycles. The van der Waals surface area contributed by atoms with Gasteiger partial charge in [0.2, 0.25) is 0 Å². The number of amides is 1. The lowest BCUT2D eigenvalue weighted by Gasteiger charge is -2.07. The van der Waals surface area contributed by atoms with Gasteiger partial charge in [0, 0.05) is 41.7 Å². The van der Waals surface area contributed by atoms with E-state index in [0.29, 0.717) is 23.4 Å². The number of nitrogens with one attached hydrogen (secondary N) is 1. The predicted octanol–water partition coefficient (Wildman–Crippen LogP) is 4.80. The quantitative estimate of drug-likeness (QED) is 0.240. The van der Waals surface area contributed by atoms with E-state index in [2.05, 4.69) is 10.3 Å². The van der Waals surface area contributed by atoms with Crippen molar-refractivity contribution in [1.29, 1.82) is 0 Å². The minimum absolute atomic E-state index is 0.128. The highest BCUT2D eigenvalue weighted by Gasteiger charge is 2.24. The Labute approximate surface area is 193 Å². The number of nitrogens with two attached hydrogens (primary N) is 1. The number of ketones is 1. The second-order valence-corrected chi connectivity index (χ2v) is 7.87. The van der Waals surface area contributed by atoms with Crippen molar-refractivity contribution >= 4 is 57.2 Å². The first-order valence-electron chi connectivity index (χ1n) is 9.53. The summed E-state index contributed by atoms with van der Waals surface area (Å²) in [6, 6.07) is 12.8. The number of nitrogen functional groups attached to an aromatic ring is 1. The van der Waals surface area contributed by atoms with Crippen LogP contribution in [0, 0.1) is 0 Å². The number of nitrogens with zero attached hydrogens (tertiary/aromatic N) is 2. The molecule has 0 saturated carbocycles. The molecule has 0 unspecified atom stereocenters. The number of hydrogen-bond donors (Lipinski definition) is 2. The number of rotatable bonds is 6. The van der Waals surface area contributed by atoms with E-state index < -0.39 is 11.7 Å². The van der Waals surface area contributed by atoms with Crippen molar-refractivity contribution in [2.24, 2.45) is 0 Å². The summed E-state index contributed by atoms with van der Waals surface area (Å²) in [7, 11) is 1.53. The minimum Gasteiger partial charge on any atom is -0.497 e. The van der Waals surface area contributed by atoms with E-state index in [9.17, 15) is 9.59 Å². The van der Waals surface area contributed by atoms with Crippen LogP contribution in [0.4, 0.5) is 11.4 Å². The summed E-state index contributed by atoms with van der Waals surface area (Å²) in [5, 5.41) is 3.33. The molecule has 0 bridgehead atoms. The fraction of sp³-hybridized carbons (Fsp3) is 0.0870. The molecule has 0 radical (unpaired) electrons. The van der Waals surface area contributed by atoms with Crippen molar-refractivity contribution in [2.45, 2.75) is 6.54 Å². The molecule has 3 N–H and O–H groups in total. The number of methoxy groups -OCH3 is 1. The smallest absolute Gasteiger partial charge is 0.296 e. The van der Waals surface area contributed by atoms with Gasteiger partial charge in [0.25, 0.3) is 11.7 Å². The molecule has 32 heavy (non-hydrogen) atoms. The Bertz CT molecular complexity index is 1330. The molecule has 4 rings (SSSR count). The third-order valence-corrected chi connectivity index (χ3v) is 5.51. The zero-order valence-corrected chi connectivity index (χ0v) is 18.4. The first kappa shape index (κ1) is 21.7. The van der Waals surface area contributed by atoms with Gasteiger partial charge in [-0.2, -0.15) is 0 Å². The highest BCUT2D eigenvalue weighted by atomic mass is 35.5. The number of aromatic nitrogens is 2. The highest BCUT2D eigenvalue weighted by Crippen LogP contribution is 2.30. The highest BCUT2D eigenvalue weighted by molar-refractivity contribution is 6.50. The number of carbonyl (C=O) groups is 2. The van der Waals surface area contributed by atoms with Gasteiger partial charge in [-0.1, -0.05) is 35.3 Å². The van der Waals surface area contributed by atoms with Gasteiger partial charge in [-0.15, -0.1) is 0 Å². The van der Waals surface area contributed by atoms with Crippen LogP contribution in [0.5, 0.6) is 5.75 Å². The van der Waals surface area contributed by atoms with Gasteiger partial charge in [-0.05, 0) is 35.9 Å². The molecule has 2 aromatic heterocycles. The molecule has 0 aliphatic carbocycles. The fourth-order valence-electron chi connectivity index (χ4n) is 3.43. The lowest BCUT2D eigenvalue weighted by molar-refractivity contribution is -0.112. The van der Waals surface area contributed by atoms with Crippen LogP contribution in [0.1, 0.15) is 15.9 Å². The van der Waals surface area contributed by atoms with Crippen molar-refractivity contribution in [3.05, 3.63) is 82.2 Å². The Balaban J connectivity index is 1.73. The maximum Gasteiger partial charge on any atom is 0.296 e. The van der Waals surface area contributed by atoms with Crippen molar-refractivity contribution in [3.8, 4) is 5.75 Å². The Morgan fingerprint density at radius 1 is 1.12 bits per heavy atom. The number of Topliss-reactive ketones (excluding diaryl/α,β-unsaturated/α-hetero) is 1. The zero-order chi connectivity index (χ0) is 22.8. The molecule has 4 aromatic rings. The number of ether oxygens (including phenoxy) is 1. The molecular formula is C23H18Cl2N4O3. The van der Waals surface area contributed by atoms with E-state index in [0.717, 1.165) is 11.1 Å². The van der Waals surface area contributed by atoms with Crippen LogP contribution in [0.25, 0.3) is 10.9 Å². The van der Waals surface area contributed by atoms with Gasteiger partial charge in [0.05, 0.1) is 28.4 Å². The fourth-order valence-corrected chi connectivity index (χ4v) is 3.89. The van der Waals surface area contributed by atoms with Crippen LogP contribution in [-0.4, -0.2) is 28.4 Å². The van der Waals surface area contributed by atoms with Gasteiger partial charge in [-0.25, -0.2) is 0 Å². The monoisotopic (exact) mass is 468 g/mol. The van der Waals surface area contributed by atoms with Gasteiger partial charge in [0.1, 0.15) is 5.75 Å². The number of fused-ring (bicyclic) bond motifs is 1. The average molecular weight is 469 g/mol. The number of anilines is 2. The summed E-state index contributed by atoms with van der Waals surface area (Å²) >= 11 is 12.1. The molecular weight excluding hydrogens is 451 g/mol. The van der Waals surface area contributed by atoms with E-state index in [1.807, 2.05) is 28.8 Å². The third-order valence-electron chi connectivity index (χ3n) is 4.94. The largest absolute Gasteiger partial charge is 0.497 e. The summed E-state index contributed by atoms with van der Waals surface area (Å²) in [6.45, 7) is 0.463. The molecule has 7 nitrogen and oxygen atoms in total. The van der Waals surface area contributed by atoms with Gasteiger partial charge < -0.3 is 20.4 Å². The van der Waals surface area contributed by atoms with Crippen molar-refractivity contribution in [2.75, 3.05) is 18.2 Å². The number of pyridine rings is 1. The molecule has 0 spiro atoms. The molecule has 0 aliphatic rings. The first-order chi connectivity index (χ1) is 15.4. The van der Waals surface area contributed by atoms with Gasteiger partial charge in [0.15, 0.2) is 0 Å². The maximum atomic E-state index is 13.1. The van der Waals surface area contributed by atoms with Crippen LogP contribution in [0.15, 0.2) is 61.1 Å². The summed E-state index contributed by atoms with van der Waals surface area (Å²) in [5.74, 6) is -1.04. The summed E-state index contributed by atoms with van der Waals surface area (Å²) in [5.41, 5.74) is 8.61.